The molecule has 27 heavy (non-hydrogen) atoms. The molecule has 0 spiro atoms. The van der Waals surface area contributed by atoms with Crippen molar-refractivity contribution in [2.75, 3.05) is 16.5 Å². The van der Waals surface area contributed by atoms with Gasteiger partial charge in [-0.15, -0.1) is 0 Å². The van der Waals surface area contributed by atoms with Crippen molar-refractivity contribution in [1.29, 1.82) is 0 Å². The van der Waals surface area contributed by atoms with Crippen LogP contribution >= 0.6 is 0 Å². The maximum Gasteiger partial charge on any atom is 0.0908 e. The smallest absolute Gasteiger partial charge is 0.0908 e. The van der Waals surface area contributed by atoms with Gasteiger partial charge in [0.1, 0.15) is 0 Å². The molecule has 0 unspecified atom stereocenters. The minimum absolute atomic E-state index is 0.722. The second kappa shape index (κ2) is 7.73. The second-order valence-electron chi connectivity index (χ2n) is 9.02. The zero-order chi connectivity index (χ0) is 18.1. The van der Waals surface area contributed by atoms with Gasteiger partial charge in [-0.05, 0) is 43.2 Å². The molecule has 5 rings (SSSR count). The molecule has 0 atom stereocenters. The van der Waals surface area contributed by atoms with Gasteiger partial charge in [-0.25, -0.2) is 0 Å². The third-order valence-electron chi connectivity index (χ3n) is 7.32. The lowest BCUT2D eigenvalue weighted by Crippen LogP contribution is -2.50. The highest BCUT2D eigenvalue weighted by molar-refractivity contribution is 6.05. The molecular formula is C25H34N2. The number of anilines is 2. The molecule has 0 N–H and O–H groups in total. The van der Waals surface area contributed by atoms with Crippen LogP contribution in [0.15, 0.2) is 36.4 Å². The van der Waals surface area contributed by atoms with Crippen LogP contribution in [0, 0.1) is 0 Å². The fourth-order valence-corrected chi connectivity index (χ4v) is 5.86. The van der Waals surface area contributed by atoms with Crippen LogP contribution in [0.4, 0.5) is 11.4 Å². The van der Waals surface area contributed by atoms with Gasteiger partial charge in [-0.3, -0.25) is 0 Å². The topological polar surface area (TPSA) is 6.48 Å². The van der Waals surface area contributed by atoms with Gasteiger partial charge in [0, 0.05) is 28.8 Å². The van der Waals surface area contributed by atoms with E-state index in [-0.39, 0.29) is 0 Å². The van der Waals surface area contributed by atoms with E-state index in [1.807, 2.05) is 0 Å². The van der Waals surface area contributed by atoms with Gasteiger partial charge in [-0.1, -0.05) is 75.6 Å². The van der Waals surface area contributed by atoms with Crippen molar-refractivity contribution >= 4 is 22.1 Å². The highest BCUT2D eigenvalue weighted by Crippen LogP contribution is 2.43. The van der Waals surface area contributed by atoms with Gasteiger partial charge < -0.3 is 9.80 Å². The molecule has 0 bridgehead atoms. The van der Waals surface area contributed by atoms with Crippen LogP contribution in [0.1, 0.15) is 77.0 Å². The van der Waals surface area contributed by atoms with Gasteiger partial charge in [0.15, 0.2) is 0 Å². The van der Waals surface area contributed by atoms with Crippen molar-refractivity contribution in [3.8, 4) is 0 Å². The SMILES string of the molecule is c1cc2c3c(cccc3c1)N(C1CCCCCC1)CN2C1CCCCCC1. The van der Waals surface area contributed by atoms with Gasteiger partial charge >= 0.3 is 0 Å². The van der Waals surface area contributed by atoms with Crippen LogP contribution in [-0.4, -0.2) is 18.8 Å². The first-order valence-corrected chi connectivity index (χ1v) is 11.5. The van der Waals surface area contributed by atoms with Crippen LogP contribution in [-0.2, 0) is 0 Å². The first-order valence-electron chi connectivity index (χ1n) is 11.5. The lowest BCUT2D eigenvalue weighted by Gasteiger charge is -2.46. The number of nitrogens with zero attached hydrogens (tertiary/aromatic N) is 2. The van der Waals surface area contributed by atoms with Crippen molar-refractivity contribution in [1.82, 2.24) is 0 Å². The number of hydrogen-bond donors (Lipinski definition) is 0. The monoisotopic (exact) mass is 362 g/mol. The summed E-state index contributed by atoms with van der Waals surface area (Å²) in [6.07, 6.45) is 16.8. The predicted molar refractivity (Wildman–Crippen MR) is 117 cm³/mol. The Morgan fingerprint density at radius 3 is 1.44 bits per heavy atom. The Balaban J connectivity index is 1.58. The number of benzene rings is 2. The summed E-state index contributed by atoms with van der Waals surface area (Å²) in [4.78, 5) is 5.59. The van der Waals surface area contributed by atoms with E-state index in [0.29, 0.717) is 0 Å². The summed E-state index contributed by atoms with van der Waals surface area (Å²) in [6.45, 7) is 1.10. The van der Waals surface area contributed by atoms with Crippen LogP contribution in [0.2, 0.25) is 0 Å². The minimum atomic E-state index is 0.722. The molecule has 2 heteroatoms. The van der Waals surface area contributed by atoms with E-state index in [0.717, 1.165) is 18.8 Å². The first-order chi connectivity index (χ1) is 13.4. The summed E-state index contributed by atoms with van der Waals surface area (Å²) in [6, 6.07) is 15.4. The van der Waals surface area contributed by atoms with E-state index in [1.54, 1.807) is 0 Å². The molecule has 144 valence electrons. The standard InChI is InChI=1S/C25H34N2/c1-2-6-14-21(13-5-1)26-19-27(22-15-7-3-4-8-16-22)24-18-10-12-20-11-9-17-23(26)25(20)24/h9-12,17-18,21-22H,1-8,13-16,19H2. The maximum absolute atomic E-state index is 2.80. The largest absolute Gasteiger partial charge is 0.350 e. The Morgan fingerprint density at radius 2 is 1.00 bits per heavy atom. The molecule has 0 saturated heterocycles. The van der Waals surface area contributed by atoms with E-state index in [2.05, 4.69) is 46.2 Å². The van der Waals surface area contributed by atoms with Crippen LogP contribution in [0.25, 0.3) is 10.8 Å². The third-order valence-corrected chi connectivity index (χ3v) is 7.32. The van der Waals surface area contributed by atoms with Crippen molar-refractivity contribution in [3.63, 3.8) is 0 Å². The Morgan fingerprint density at radius 1 is 0.556 bits per heavy atom. The molecule has 0 amide bonds. The third kappa shape index (κ3) is 3.32. The van der Waals surface area contributed by atoms with Gasteiger partial charge in [-0.2, -0.15) is 0 Å². The van der Waals surface area contributed by atoms with Crippen LogP contribution in [0.3, 0.4) is 0 Å². The lowest BCUT2D eigenvalue weighted by atomic mass is 9.97. The summed E-state index contributed by atoms with van der Waals surface area (Å²) in [7, 11) is 0. The average molecular weight is 363 g/mol. The van der Waals surface area contributed by atoms with Crippen molar-refractivity contribution in [2.24, 2.45) is 0 Å². The minimum Gasteiger partial charge on any atom is -0.350 e. The van der Waals surface area contributed by atoms with Crippen LogP contribution < -0.4 is 9.80 Å². The van der Waals surface area contributed by atoms with E-state index in [4.69, 9.17) is 0 Å². The summed E-state index contributed by atoms with van der Waals surface area (Å²) in [5.74, 6) is 0. The Kier molecular flexibility index (Phi) is 4.98. The zero-order valence-electron chi connectivity index (χ0n) is 16.7. The summed E-state index contributed by atoms with van der Waals surface area (Å²) < 4.78 is 0. The second-order valence-corrected chi connectivity index (χ2v) is 9.02. The van der Waals surface area contributed by atoms with Gasteiger partial charge in [0.2, 0.25) is 0 Å². The molecule has 1 heterocycles. The fraction of sp³-hybridized carbons (Fsp3) is 0.600. The summed E-state index contributed by atoms with van der Waals surface area (Å²) in [5, 5.41) is 2.93. The number of hydrogen-bond acceptors (Lipinski definition) is 2. The first kappa shape index (κ1) is 17.4. The molecule has 2 aliphatic carbocycles. The van der Waals surface area contributed by atoms with E-state index >= 15 is 0 Å². The summed E-state index contributed by atoms with van der Waals surface area (Å²) >= 11 is 0. The molecule has 2 fully saturated rings. The normalized spacial score (nSPS) is 22.7. The van der Waals surface area contributed by atoms with Gasteiger partial charge in [0.25, 0.3) is 0 Å². The van der Waals surface area contributed by atoms with E-state index in [1.165, 1.54) is 99.2 Å². The van der Waals surface area contributed by atoms with E-state index < -0.39 is 0 Å². The molecule has 2 aromatic carbocycles. The Hall–Kier alpha value is -1.70. The molecule has 2 nitrogen and oxygen atoms in total. The Bertz CT molecular complexity index is 706. The zero-order valence-corrected chi connectivity index (χ0v) is 16.7. The lowest BCUT2D eigenvalue weighted by molar-refractivity contribution is 0.471. The van der Waals surface area contributed by atoms with Crippen molar-refractivity contribution < 1.29 is 0 Å². The molecule has 0 radical (unpaired) electrons. The molecule has 0 aromatic heterocycles. The Labute approximate surface area is 164 Å². The predicted octanol–water partition coefficient (Wildman–Crippen LogP) is 6.87. The fourth-order valence-electron chi connectivity index (χ4n) is 5.86. The number of rotatable bonds is 2. The van der Waals surface area contributed by atoms with Gasteiger partial charge in [0.05, 0.1) is 6.67 Å². The van der Waals surface area contributed by atoms with Crippen molar-refractivity contribution in [3.05, 3.63) is 36.4 Å². The molecule has 2 saturated carbocycles. The molecular weight excluding hydrogens is 328 g/mol. The highest BCUT2D eigenvalue weighted by Gasteiger charge is 2.32. The highest BCUT2D eigenvalue weighted by atomic mass is 15.4. The van der Waals surface area contributed by atoms with E-state index in [9.17, 15) is 0 Å². The van der Waals surface area contributed by atoms with Crippen molar-refractivity contribution in [2.45, 2.75) is 89.1 Å². The average Bonchev–Trinajstić information content (AvgIpc) is 3.14. The van der Waals surface area contributed by atoms with Crippen LogP contribution in [0.5, 0.6) is 0 Å². The molecule has 3 aliphatic rings. The molecule has 1 aliphatic heterocycles. The quantitative estimate of drug-likeness (QED) is 0.538. The molecule has 2 aromatic rings. The maximum atomic E-state index is 2.80. The summed E-state index contributed by atoms with van der Waals surface area (Å²) in [5.41, 5.74) is 3.00.